The van der Waals surface area contributed by atoms with E-state index in [2.05, 4.69) is 10.3 Å². The lowest BCUT2D eigenvalue weighted by atomic mass is 9.97. The monoisotopic (exact) mass is 455 g/mol. The molecule has 0 bridgehead atoms. The van der Waals surface area contributed by atoms with Crippen molar-refractivity contribution < 1.29 is 19.1 Å². The topological polar surface area (TPSA) is 88.6 Å². The standard InChI is InChI=1S/C22H21N3O4S2/c1-12-6-8-14(9-7-12)25-17(26)11-15(18(25)16-5-4-10-30-16)20(27)24-22-23-13(2)19(31-22)21(28)29-3/h4-10,15,18H,11H2,1-3H3,(H,23,24,27). The number of carbonyl (C=O) groups excluding carboxylic acids is 3. The third kappa shape index (κ3) is 4.11. The molecule has 1 aromatic carbocycles. The number of thiazole rings is 1. The number of benzene rings is 1. The van der Waals surface area contributed by atoms with Crippen molar-refractivity contribution >= 4 is 51.3 Å². The van der Waals surface area contributed by atoms with E-state index < -0.39 is 17.9 Å². The van der Waals surface area contributed by atoms with Gasteiger partial charge >= 0.3 is 5.97 Å². The Hall–Kier alpha value is -3.04. The van der Waals surface area contributed by atoms with Gasteiger partial charge in [0.15, 0.2) is 5.13 Å². The van der Waals surface area contributed by atoms with Crippen LogP contribution < -0.4 is 10.2 Å². The van der Waals surface area contributed by atoms with Crippen molar-refractivity contribution in [2.45, 2.75) is 26.3 Å². The van der Waals surface area contributed by atoms with Gasteiger partial charge in [0.1, 0.15) is 4.88 Å². The quantitative estimate of drug-likeness (QED) is 0.578. The second kappa shape index (κ2) is 8.60. The minimum atomic E-state index is -0.585. The van der Waals surface area contributed by atoms with E-state index in [-0.39, 0.29) is 18.2 Å². The maximum absolute atomic E-state index is 13.2. The summed E-state index contributed by atoms with van der Waals surface area (Å²) in [5.41, 5.74) is 2.35. The first-order valence-corrected chi connectivity index (χ1v) is 11.4. The number of aromatic nitrogens is 1. The number of aryl methyl sites for hydroxylation is 2. The number of esters is 1. The molecule has 2 aromatic heterocycles. The van der Waals surface area contributed by atoms with E-state index in [9.17, 15) is 14.4 Å². The van der Waals surface area contributed by atoms with Gasteiger partial charge in [-0.2, -0.15) is 0 Å². The summed E-state index contributed by atoms with van der Waals surface area (Å²) >= 11 is 2.58. The summed E-state index contributed by atoms with van der Waals surface area (Å²) in [6.07, 6.45) is 0.0937. The van der Waals surface area contributed by atoms with Crippen LogP contribution in [0.2, 0.25) is 0 Å². The van der Waals surface area contributed by atoms with E-state index in [4.69, 9.17) is 4.74 Å². The van der Waals surface area contributed by atoms with Crippen LogP contribution in [-0.2, 0) is 14.3 Å². The van der Waals surface area contributed by atoms with Gasteiger partial charge in [-0.1, -0.05) is 35.1 Å². The summed E-state index contributed by atoms with van der Waals surface area (Å²) in [6.45, 7) is 3.67. The molecule has 2 atom stereocenters. The molecule has 0 saturated carbocycles. The summed E-state index contributed by atoms with van der Waals surface area (Å²) < 4.78 is 4.76. The van der Waals surface area contributed by atoms with Crippen LogP contribution in [0, 0.1) is 19.8 Å². The van der Waals surface area contributed by atoms with Gasteiger partial charge in [0.2, 0.25) is 11.8 Å². The zero-order valence-corrected chi connectivity index (χ0v) is 18.9. The van der Waals surface area contributed by atoms with Crippen LogP contribution in [0.5, 0.6) is 0 Å². The number of nitrogens with one attached hydrogen (secondary N) is 1. The highest BCUT2D eigenvalue weighted by Crippen LogP contribution is 2.43. The van der Waals surface area contributed by atoms with Crippen LogP contribution in [0.1, 0.15) is 38.3 Å². The summed E-state index contributed by atoms with van der Waals surface area (Å²) in [5.74, 6) is -1.48. The SMILES string of the molecule is COC(=O)c1sc(NC(=O)C2CC(=O)N(c3ccc(C)cc3)C2c2cccs2)nc1C. The van der Waals surface area contributed by atoms with Crippen molar-refractivity contribution in [2.75, 3.05) is 17.3 Å². The van der Waals surface area contributed by atoms with Crippen molar-refractivity contribution in [3.05, 3.63) is 62.8 Å². The number of ether oxygens (including phenoxy) is 1. The Labute approximate surface area is 187 Å². The van der Waals surface area contributed by atoms with E-state index in [1.807, 2.05) is 48.7 Å². The van der Waals surface area contributed by atoms with Crippen LogP contribution in [0.3, 0.4) is 0 Å². The Kier molecular flexibility index (Phi) is 5.88. The van der Waals surface area contributed by atoms with Gasteiger partial charge in [0.05, 0.1) is 24.8 Å². The number of methoxy groups -OCH3 is 1. The van der Waals surface area contributed by atoms with Crippen LogP contribution >= 0.6 is 22.7 Å². The van der Waals surface area contributed by atoms with Crippen molar-refractivity contribution in [2.24, 2.45) is 5.92 Å². The maximum atomic E-state index is 13.2. The first kappa shape index (κ1) is 21.2. The molecule has 160 valence electrons. The molecule has 2 unspecified atom stereocenters. The maximum Gasteiger partial charge on any atom is 0.350 e. The second-order valence-electron chi connectivity index (χ2n) is 7.28. The van der Waals surface area contributed by atoms with Gasteiger partial charge in [-0.3, -0.25) is 9.59 Å². The molecule has 31 heavy (non-hydrogen) atoms. The number of hydrogen-bond donors (Lipinski definition) is 1. The molecule has 1 N–H and O–H groups in total. The molecule has 1 saturated heterocycles. The fourth-order valence-electron chi connectivity index (χ4n) is 3.69. The Morgan fingerprint density at radius 2 is 1.94 bits per heavy atom. The average molecular weight is 456 g/mol. The molecule has 0 spiro atoms. The predicted octanol–water partition coefficient (Wildman–Crippen LogP) is 4.34. The highest BCUT2D eigenvalue weighted by molar-refractivity contribution is 7.17. The lowest BCUT2D eigenvalue weighted by Crippen LogP contribution is -2.31. The molecule has 2 amide bonds. The zero-order chi connectivity index (χ0) is 22.1. The molecule has 9 heteroatoms. The average Bonchev–Trinajstić information content (AvgIpc) is 3.47. The lowest BCUT2D eigenvalue weighted by molar-refractivity contribution is -0.122. The van der Waals surface area contributed by atoms with Crippen LogP contribution in [0.25, 0.3) is 0 Å². The fraction of sp³-hybridized carbons (Fsp3) is 0.273. The summed E-state index contributed by atoms with van der Waals surface area (Å²) in [6, 6.07) is 11.2. The largest absolute Gasteiger partial charge is 0.465 e. The minimum absolute atomic E-state index is 0.0937. The molecule has 4 rings (SSSR count). The van der Waals surface area contributed by atoms with Crippen LogP contribution in [-0.4, -0.2) is 29.9 Å². The van der Waals surface area contributed by atoms with E-state index >= 15 is 0 Å². The fourth-order valence-corrected chi connectivity index (χ4v) is 5.46. The first-order valence-electron chi connectivity index (χ1n) is 9.67. The number of rotatable bonds is 5. The molecular weight excluding hydrogens is 434 g/mol. The molecule has 1 fully saturated rings. The first-order chi connectivity index (χ1) is 14.9. The van der Waals surface area contributed by atoms with E-state index in [0.29, 0.717) is 15.7 Å². The number of amides is 2. The summed E-state index contributed by atoms with van der Waals surface area (Å²) in [7, 11) is 1.30. The van der Waals surface area contributed by atoms with E-state index in [1.54, 1.807) is 11.8 Å². The summed E-state index contributed by atoms with van der Waals surface area (Å²) in [5, 5.41) is 5.06. The van der Waals surface area contributed by atoms with Crippen molar-refractivity contribution in [1.82, 2.24) is 4.98 Å². The van der Waals surface area contributed by atoms with Gasteiger partial charge < -0.3 is 15.0 Å². The minimum Gasteiger partial charge on any atom is -0.465 e. The Morgan fingerprint density at radius 3 is 2.58 bits per heavy atom. The molecule has 0 radical (unpaired) electrons. The Balaban J connectivity index is 1.64. The van der Waals surface area contributed by atoms with Crippen molar-refractivity contribution in [3.8, 4) is 0 Å². The molecule has 0 aliphatic carbocycles. The van der Waals surface area contributed by atoms with Crippen LogP contribution in [0.4, 0.5) is 10.8 Å². The molecule has 3 heterocycles. The van der Waals surface area contributed by atoms with Gasteiger partial charge in [-0.15, -0.1) is 11.3 Å². The number of anilines is 2. The van der Waals surface area contributed by atoms with Gasteiger partial charge in [0, 0.05) is 17.0 Å². The normalized spacial score (nSPS) is 18.3. The second-order valence-corrected chi connectivity index (χ2v) is 9.26. The molecule has 7 nitrogen and oxygen atoms in total. The Bertz CT molecular complexity index is 1120. The molecule has 1 aliphatic heterocycles. The number of hydrogen-bond acceptors (Lipinski definition) is 7. The zero-order valence-electron chi connectivity index (χ0n) is 17.2. The smallest absolute Gasteiger partial charge is 0.350 e. The van der Waals surface area contributed by atoms with Gasteiger partial charge in [0.25, 0.3) is 0 Å². The van der Waals surface area contributed by atoms with Crippen molar-refractivity contribution in [1.29, 1.82) is 0 Å². The Morgan fingerprint density at radius 1 is 1.19 bits per heavy atom. The lowest BCUT2D eigenvalue weighted by Gasteiger charge is -2.27. The predicted molar refractivity (Wildman–Crippen MR) is 121 cm³/mol. The molecule has 1 aliphatic rings. The van der Waals surface area contributed by atoms with Crippen molar-refractivity contribution in [3.63, 3.8) is 0 Å². The van der Waals surface area contributed by atoms with Gasteiger partial charge in [-0.05, 0) is 37.4 Å². The number of thiophene rings is 1. The van der Waals surface area contributed by atoms with E-state index in [0.717, 1.165) is 27.5 Å². The molecular formula is C22H21N3O4S2. The summed E-state index contributed by atoms with van der Waals surface area (Å²) in [4.78, 5) is 45.3. The highest BCUT2D eigenvalue weighted by atomic mass is 32.1. The third-order valence-electron chi connectivity index (χ3n) is 5.20. The molecule has 3 aromatic rings. The van der Waals surface area contributed by atoms with Crippen LogP contribution in [0.15, 0.2) is 41.8 Å². The third-order valence-corrected chi connectivity index (χ3v) is 7.20. The van der Waals surface area contributed by atoms with Gasteiger partial charge in [-0.25, -0.2) is 9.78 Å². The number of nitrogens with zero attached hydrogens (tertiary/aromatic N) is 2. The highest BCUT2D eigenvalue weighted by Gasteiger charge is 2.46. The number of carbonyl (C=O) groups is 3. The van der Waals surface area contributed by atoms with E-state index in [1.165, 1.54) is 18.4 Å².